The Morgan fingerprint density at radius 2 is 1.31 bits per heavy atom. The lowest BCUT2D eigenvalue weighted by molar-refractivity contribution is -0.124. The number of anilines is 1. The molecule has 0 aliphatic carbocycles. The minimum Gasteiger partial charge on any atom is -0.497 e. The smallest absolute Gasteiger partial charge is 0.338 e. The number of aromatic nitrogens is 2. The van der Waals surface area contributed by atoms with Crippen LogP contribution >= 0.6 is 0 Å². The van der Waals surface area contributed by atoms with Gasteiger partial charge in [-0.3, -0.25) is 4.79 Å². The highest BCUT2D eigenvalue weighted by Gasteiger charge is 2.23. The molecule has 45 heavy (non-hydrogen) atoms. The van der Waals surface area contributed by atoms with E-state index in [1.165, 1.54) is 24.3 Å². The molecule has 4 aromatic carbocycles. The number of hydrogen-bond donors (Lipinski definition) is 2. The first-order valence-corrected chi connectivity index (χ1v) is 15.4. The number of primary sulfonamides is 1. The van der Waals surface area contributed by atoms with Crippen LogP contribution in [0.2, 0.25) is 0 Å². The average Bonchev–Trinajstić information content (AvgIpc) is 3.06. The van der Waals surface area contributed by atoms with Crippen LogP contribution in [0.1, 0.15) is 23.7 Å². The summed E-state index contributed by atoms with van der Waals surface area (Å²) in [4.78, 5) is 35.8. The van der Waals surface area contributed by atoms with Gasteiger partial charge in [0.1, 0.15) is 11.5 Å². The van der Waals surface area contributed by atoms with Gasteiger partial charge in [-0.15, -0.1) is 0 Å². The van der Waals surface area contributed by atoms with Crippen LogP contribution in [0.5, 0.6) is 11.5 Å². The Labute approximate surface area is 260 Å². The Balaban J connectivity index is 1.43. The van der Waals surface area contributed by atoms with Crippen molar-refractivity contribution in [3.05, 3.63) is 96.6 Å². The van der Waals surface area contributed by atoms with Gasteiger partial charge in [0.15, 0.2) is 6.10 Å². The van der Waals surface area contributed by atoms with E-state index in [-0.39, 0.29) is 16.9 Å². The molecule has 1 aromatic heterocycles. The molecule has 3 N–H and O–H groups in total. The Kier molecular flexibility index (Phi) is 9.07. The fourth-order valence-corrected chi connectivity index (χ4v) is 5.07. The molecular formula is C33H30N4O7S. The van der Waals surface area contributed by atoms with Gasteiger partial charge >= 0.3 is 5.97 Å². The summed E-state index contributed by atoms with van der Waals surface area (Å²) in [5.74, 6) is 0.121. The molecule has 5 aromatic rings. The summed E-state index contributed by atoms with van der Waals surface area (Å²) in [5.41, 5.74) is 4.40. The number of rotatable bonds is 10. The molecule has 5 rings (SSSR count). The molecule has 0 bridgehead atoms. The van der Waals surface area contributed by atoms with Crippen LogP contribution in [0, 0.1) is 0 Å². The average molecular weight is 627 g/mol. The third-order valence-corrected chi connectivity index (χ3v) is 7.92. The molecular weight excluding hydrogens is 596 g/mol. The highest BCUT2D eigenvalue weighted by atomic mass is 32.2. The van der Waals surface area contributed by atoms with Gasteiger partial charge in [-0.05, 0) is 97.4 Å². The standard InChI is InChI=1S/C33H30N4O7S/c1-4-29(32(38)35-23-10-16-26(17-11-23)45(34,40)41)44-33(39)22-9-18-27-28(19-22)37-31(21-7-14-25(43-3)15-8-21)30(36-27)20-5-12-24(42-2)13-6-20/h5-19,29H,4H2,1-3H3,(H,35,38)(H2,34,40,41). The van der Waals surface area contributed by atoms with Crippen molar-refractivity contribution in [1.82, 2.24) is 9.97 Å². The summed E-state index contributed by atoms with van der Waals surface area (Å²) in [6, 6.07) is 25.1. The number of hydrogen-bond acceptors (Lipinski definition) is 9. The maximum Gasteiger partial charge on any atom is 0.338 e. The van der Waals surface area contributed by atoms with E-state index in [4.69, 9.17) is 29.3 Å². The zero-order valence-electron chi connectivity index (χ0n) is 24.7. The molecule has 0 spiro atoms. The largest absolute Gasteiger partial charge is 0.497 e. The molecule has 0 fully saturated rings. The number of carbonyl (C=O) groups is 2. The maximum atomic E-state index is 13.2. The predicted molar refractivity (Wildman–Crippen MR) is 169 cm³/mol. The van der Waals surface area contributed by atoms with Crippen molar-refractivity contribution in [3.63, 3.8) is 0 Å². The van der Waals surface area contributed by atoms with E-state index in [0.717, 1.165) is 11.1 Å². The molecule has 0 aliphatic rings. The molecule has 1 atom stereocenters. The van der Waals surface area contributed by atoms with Crippen LogP contribution in [-0.4, -0.2) is 50.6 Å². The highest BCUT2D eigenvalue weighted by Crippen LogP contribution is 2.33. The number of nitrogens with one attached hydrogen (secondary N) is 1. The van der Waals surface area contributed by atoms with Gasteiger partial charge in [0.25, 0.3) is 5.91 Å². The van der Waals surface area contributed by atoms with Crippen molar-refractivity contribution in [2.75, 3.05) is 19.5 Å². The van der Waals surface area contributed by atoms with E-state index in [1.807, 2.05) is 48.5 Å². The number of nitrogens with two attached hydrogens (primary N) is 1. The maximum absolute atomic E-state index is 13.2. The predicted octanol–water partition coefficient (Wildman–Crippen LogP) is 5.20. The first-order valence-electron chi connectivity index (χ1n) is 13.8. The van der Waals surface area contributed by atoms with E-state index in [9.17, 15) is 18.0 Å². The number of benzene rings is 4. The quantitative estimate of drug-likeness (QED) is 0.199. The van der Waals surface area contributed by atoms with Gasteiger partial charge in [0.05, 0.1) is 47.1 Å². The number of esters is 1. The summed E-state index contributed by atoms with van der Waals surface area (Å²) >= 11 is 0. The second-order valence-electron chi connectivity index (χ2n) is 9.94. The molecule has 11 nitrogen and oxygen atoms in total. The summed E-state index contributed by atoms with van der Waals surface area (Å²) in [6.45, 7) is 1.70. The molecule has 1 unspecified atom stereocenters. The third-order valence-electron chi connectivity index (χ3n) is 6.99. The summed E-state index contributed by atoms with van der Waals surface area (Å²) in [6.07, 6.45) is -0.905. The Morgan fingerprint density at radius 3 is 1.80 bits per heavy atom. The van der Waals surface area contributed by atoms with E-state index in [2.05, 4.69) is 5.32 Å². The van der Waals surface area contributed by atoms with Crippen LogP contribution in [0.4, 0.5) is 5.69 Å². The van der Waals surface area contributed by atoms with Crippen molar-refractivity contribution < 1.29 is 32.2 Å². The molecule has 0 saturated heterocycles. The van der Waals surface area contributed by atoms with Crippen molar-refractivity contribution >= 4 is 38.6 Å². The fraction of sp³-hybridized carbons (Fsp3) is 0.152. The summed E-state index contributed by atoms with van der Waals surface area (Å²) in [7, 11) is -0.681. The molecule has 0 saturated carbocycles. The van der Waals surface area contributed by atoms with Crippen molar-refractivity contribution in [2.45, 2.75) is 24.3 Å². The van der Waals surface area contributed by atoms with Gasteiger partial charge in [-0.25, -0.2) is 28.3 Å². The minimum absolute atomic E-state index is 0.0929. The topological polar surface area (TPSA) is 160 Å². The second kappa shape index (κ2) is 13.1. The first kappa shape index (κ1) is 31.1. The second-order valence-corrected chi connectivity index (χ2v) is 11.5. The van der Waals surface area contributed by atoms with Crippen molar-refractivity contribution in [1.29, 1.82) is 0 Å². The monoisotopic (exact) mass is 626 g/mol. The van der Waals surface area contributed by atoms with Gasteiger partial charge < -0.3 is 19.5 Å². The highest BCUT2D eigenvalue weighted by molar-refractivity contribution is 7.89. The number of fused-ring (bicyclic) bond motifs is 1. The lowest BCUT2D eigenvalue weighted by Gasteiger charge is -2.16. The van der Waals surface area contributed by atoms with Crippen molar-refractivity contribution in [2.24, 2.45) is 5.14 Å². The van der Waals surface area contributed by atoms with Crippen LogP contribution in [0.25, 0.3) is 33.5 Å². The number of methoxy groups -OCH3 is 2. The number of sulfonamides is 1. The summed E-state index contributed by atoms with van der Waals surface area (Å²) in [5, 5.41) is 7.75. The Bertz CT molecular complexity index is 1960. The van der Waals surface area contributed by atoms with E-state index < -0.39 is 28.0 Å². The van der Waals surface area contributed by atoms with Gasteiger partial charge in [-0.1, -0.05) is 6.92 Å². The van der Waals surface area contributed by atoms with E-state index >= 15 is 0 Å². The SMILES string of the molecule is CCC(OC(=O)c1ccc2nc(-c3ccc(OC)cc3)c(-c3ccc(OC)cc3)nc2c1)C(=O)Nc1ccc(S(N)(=O)=O)cc1. The minimum atomic E-state index is -3.87. The Hall–Kier alpha value is -5.33. The van der Waals surface area contributed by atoms with Crippen LogP contribution in [-0.2, 0) is 19.6 Å². The lowest BCUT2D eigenvalue weighted by Crippen LogP contribution is -2.32. The Morgan fingerprint density at radius 1 is 0.778 bits per heavy atom. The molecule has 0 aliphatic heterocycles. The number of ether oxygens (including phenoxy) is 3. The van der Waals surface area contributed by atoms with Crippen molar-refractivity contribution in [3.8, 4) is 34.0 Å². The van der Waals surface area contributed by atoms with E-state index in [0.29, 0.717) is 39.6 Å². The van der Waals surface area contributed by atoms with Gasteiger partial charge in [0, 0.05) is 16.8 Å². The first-order chi connectivity index (χ1) is 21.6. The molecule has 0 radical (unpaired) electrons. The van der Waals surface area contributed by atoms with Crippen LogP contribution in [0.15, 0.2) is 95.9 Å². The molecule has 12 heteroatoms. The van der Waals surface area contributed by atoms with Crippen LogP contribution in [0.3, 0.4) is 0 Å². The molecule has 230 valence electrons. The fourth-order valence-electron chi connectivity index (χ4n) is 4.55. The van der Waals surface area contributed by atoms with Crippen LogP contribution < -0.4 is 19.9 Å². The normalized spacial score (nSPS) is 11.9. The number of nitrogens with zero attached hydrogens (tertiary/aromatic N) is 2. The van der Waals surface area contributed by atoms with E-state index in [1.54, 1.807) is 39.3 Å². The van der Waals surface area contributed by atoms with Gasteiger partial charge in [-0.2, -0.15) is 0 Å². The zero-order chi connectivity index (χ0) is 32.1. The molecule has 1 amide bonds. The third kappa shape index (κ3) is 7.08. The zero-order valence-corrected chi connectivity index (χ0v) is 25.5. The number of carbonyl (C=O) groups excluding carboxylic acids is 2. The van der Waals surface area contributed by atoms with Gasteiger partial charge in [0.2, 0.25) is 10.0 Å². The summed E-state index contributed by atoms with van der Waals surface area (Å²) < 4.78 is 39.2. The number of amides is 1. The lowest BCUT2D eigenvalue weighted by atomic mass is 10.0. The molecule has 1 heterocycles.